The number of rotatable bonds is 7. The third kappa shape index (κ3) is 3.39. The largest absolute Gasteiger partial charge is 0.493 e. The Kier molecular flexibility index (Phi) is 5.27. The van der Waals surface area contributed by atoms with E-state index in [0.717, 1.165) is 30.2 Å². The van der Waals surface area contributed by atoms with Gasteiger partial charge in [-0.2, -0.15) is 5.10 Å². The molecule has 6 nitrogen and oxygen atoms in total. The van der Waals surface area contributed by atoms with Crippen molar-refractivity contribution in [3.63, 3.8) is 0 Å². The predicted octanol–water partition coefficient (Wildman–Crippen LogP) is 2.35. The van der Waals surface area contributed by atoms with E-state index in [-0.39, 0.29) is 12.1 Å². The molecule has 1 N–H and O–H groups in total. The van der Waals surface area contributed by atoms with E-state index < -0.39 is 0 Å². The molecule has 6 heteroatoms. The molecule has 0 aliphatic carbocycles. The molecule has 2 aromatic heterocycles. The van der Waals surface area contributed by atoms with Crippen LogP contribution < -0.4 is 10.1 Å². The summed E-state index contributed by atoms with van der Waals surface area (Å²) in [5.41, 5.74) is 0.965. The molecule has 0 aliphatic heterocycles. The first kappa shape index (κ1) is 15.4. The highest BCUT2D eigenvalue weighted by atomic mass is 16.5. The lowest BCUT2D eigenvalue weighted by molar-refractivity contribution is 0.390. The van der Waals surface area contributed by atoms with Gasteiger partial charge in [-0.1, -0.05) is 6.92 Å². The van der Waals surface area contributed by atoms with Crippen LogP contribution in [0.2, 0.25) is 0 Å². The smallest absolute Gasteiger partial charge is 0.162 e. The molecule has 2 aromatic rings. The summed E-state index contributed by atoms with van der Waals surface area (Å²) < 4.78 is 7.44. The Morgan fingerprint density at radius 2 is 2.00 bits per heavy atom. The van der Waals surface area contributed by atoms with Gasteiger partial charge in [0.15, 0.2) is 11.6 Å². The Hall–Kier alpha value is -1.95. The first-order valence-electron chi connectivity index (χ1n) is 7.30. The summed E-state index contributed by atoms with van der Waals surface area (Å²) in [5, 5.41) is 7.93. The molecule has 0 saturated heterocycles. The lowest BCUT2D eigenvalue weighted by Crippen LogP contribution is -2.28. The van der Waals surface area contributed by atoms with Crippen LogP contribution in [0, 0.1) is 0 Å². The van der Waals surface area contributed by atoms with Crippen molar-refractivity contribution >= 4 is 0 Å². The minimum atomic E-state index is -0.133. The Morgan fingerprint density at radius 1 is 1.29 bits per heavy atom. The first-order chi connectivity index (χ1) is 10.2. The number of aromatic nitrogens is 4. The second kappa shape index (κ2) is 7.17. The fourth-order valence-corrected chi connectivity index (χ4v) is 2.26. The van der Waals surface area contributed by atoms with Gasteiger partial charge in [0.2, 0.25) is 0 Å². The van der Waals surface area contributed by atoms with Crippen molar-refractivity contribution in [3.8, 4) is 5.75 Å². The van der Waals surface area contributed by atoms with Gasteiger partial charge in [0.1, 0.15) is 11.7 Å². The third-order valence-corrected chi connectivity index (χ3v) is 3.22. The second-order valence-electron chi connectivity index (χ2n) is 5.13. The van der Waals surface area contributed by atoms with Crippen LogP contribution in [0.3, 0.4) is 0 Å². The van der Waals surface area contributed by atoms with Crippen LogP contribution in [0.4, 0.5) is 0 Å². The lowest BCUT2D eigenvalue weighted by atomic mass is 10.1. The van der Waals surface area contributed by atoms with Gasteiger partial charge >= 0.3 is 0 Å². The predicted molar refractivity (Wildman–Crippen MR) is 81.3 cm³/mol. The molecule has 0 aromatic carbocycles. The molecular weight excluding hydrogens is 266 g/mol. The van der Waals surface area contributed by atoms with E-state index in [4.69, 9.17) is 4.74 Å². The van der Waals surface area contributed by atoms with Crippen molar-refractivity contribution < 1.29 is 4.74 Å². The normalized spacial score (nSPS) is 12.6. The minimum absolute atomic E-state index is 0.133. The average Bonchev–Trinajstić information content (AvgIpc) is 2.93. The van der Waals surface area contributed by atoms with Crippen LogP contribution in [0.25, 0.3) is 0 Å². The Balaban J connectivity index is 2.48. The molecule has 1 unspecified atom stereocenters. The molecule has 2 rings (SSSR count). The summed E-state index contributed by atoms with van der Waals surface area (Å²) >= 11 is 0. The van der Waals surface area contributed by atoms with Crippen LogP contribution in [-0.2, 0) is 0 Å². The van der Waals surface area contributed by atoms with Crippen LogP contribution >= 0.6 is 0 Å². The van der Waals surface area contributed by atoms with Gasteiger partial charge in [-0.15, -0.1) is 0 Å². The zero-order valence-electron chi connectivity index (χ0n) is 13.1. The zero-order chi connectivity index (χ0) is 15.2. The fourth-order valence-electron chi connectivity index (χ4n) is 2.26. The summed E-state index contributed by atoms with van der Waals surface area (Å²) in [7, 11) is 1.66. The van der Waals surface area contributed by atoms with Gasteiger partial charge in [0, 0.05) is 18.4 Å². The molecule has 21 heavy (non-hydrogen) atoms. The maximum atomic E-state index is 5.48. The third-order valence-electron chi connectivity index (χ3n) is 3.22. The van der Waals surface area contributed by atoms with Crippen molar-refractivity contribution in [2.24, 2.45) is 0 Å². The molecule has 1 atom stereocenters. The molecule has 114 valence electrons. The monoisotopic (exact) mass is 289 g/mol. The topological polar surface area (TPSA) is 64.9 Å². The zero-order valence-corrected chi connectivity index (χ0v) is 13.1. The van der Waals surface area contributed by atoms with Crippen molar-refractivity contribution in [3.05, 3.63) is 36.2 Å². The van der Waals surface area contributed by atoms with Crippen molar-refractivity contribution in [2.45, 2.75) is 39.3 Å². The highest BCUT2D eigenvalue weighted by Crippen LogP contribution is 2.30. The van der Waals surface area contributed by atoms with E-state index >= 15 is 0 Å². The van der Waals surface area contributed by atoms with Gasteiger partial charge < -0.3 is 10.1 Å². The summed E-state index contributed by atoms with van der Waals surface area (Å²) in [6.07, 6.45) is 6.29. The van der Waals surface area contributed by atoms with Gasteiger partial charge in [0.25, 0.3) is 0 Å². The number of methoxy groups -OCH3 is 1. The Morgan fingerprint density at radius 3 is 2.57 bits per heavy atom. The van der Waals surface area contributed by atoms with Gasteiger partial charge in [-0.3, -0.25) is 4.68 Å². The maximum Gasteiger partial charge on any atom is 0.162 e. The van der Waals surface area contributed by atoms with Crippen molar-refractivity contribution in [1.29, 1.82) is 0 Å². The van der Waals surface area contributed by atoms with Gasteiger partial charge in [0.05, 0.1) is 13.3 Å². The van der Waals surface area contributed by atoms with E-state index in [0.29, 0.717) is 0 Å². The SMILES string of the molecule is CCCNC(c1ncccn1)c1c(OC)cnn1C(C)C. The van der Waals surface area contributed by atoms with Crippen molar-refractivity contribution in [2.75, 3.05) is 13.7 Å². The first-order valence-corrected chi connectivity index (χ1v) is 7.30. The van der Waals surface area contributed by atoms with Gasteiger partial charge in [-0.25, -0.2) is 9.97 Å². The summed E-state index contributed by atoms with van der Waals surface area (Å²) in [6.45, 7) is 7.19. The molecular formula is C15H23N5O. The molecule has 0 radical (unpaired) electrons. The number of hydrogen-bond acceptors (Lipinski definition) is 5. The Bertz CT molecular complexity index is 552. The molecule has 0 saturated carbocycles. The Labute approximate surface area is 125 Å². The van der Waals surface area contributed by atoms with Crippen LogP contribution in [0.1, 0.15) is 50.8 Å². The standard InChI is InChI=1S/C15H23N5O/c1-5-7-16-13(15-17-8-6-9-18-15)14-12(21-4)10-19-20(14)11(2)3/h6,8-11,13,16H,5,7H2,1-4H3. The van der Waals surface area contributed by atoms with E-state index in [1.54, 1.807) is 25.7 Å². The summed E-state index contributed by atoms with van der Waals surface area (Å²) in [6, 6.07) is 1.92. The molecule has 0 amide bonds. The molecule has 0 aliphatic rings. The van der Waals surface area contributed by atoms with Gasteiger partial charge in [-0.05, 0) is 32.9 Å². The fraction of sp³-hybridized carbons (Fsp3) is 0.533. The van der Waals surface area contributed by atoms with E-state index in [9.17, 15) is 0 Å². The number of nitrogens with one attached hydrogen (secondary N) is 1. The summed E-state index contributed by atoms with van der Waals surface area (Å²) in [4.78, 5) is 8.79. The van der Waals surface area contributed by atoms with Crippen LogP contribution in [0.5, 0.6) is 5.75 Å². The number of ether oxygens (including phenoxy) is 1. The molecule has 2 heterocycles. The molecule has 0 fully saturated rings. The van der Waals surface area contributed by atoms with Crippen LogP contribution in [-0.4, -0.2) is 33.4 Å². The molecule has 0 spiro atoms. The highest BCUT2D eigenvalue weighted by molar-refractivity contribution is 5.32. The minimum Gasteiger partial charge on any atom is -0.493 e. The summed E-state index contributed by atoms with van der Waals surface area (Å²) in [5.74, 6) is 1.48. The van der Waals surface area contributed by atoms with E-state index in [1.807, 2.05) is 10.7 Å². The van der Waals surface area contributed by atoms with Crippen LogP contribution in [0.15, 0.2) is 24.7 Å². The lowest BCUT2D eigenvalue weighted by Gasteiger charge is -2.21. The maximum absolute atomic E-state index is 5.48. The second-order valence-corrected chi connectivity index (χ2v) is 5.13. The van der Waals surface area contributed by atoms with Crippen molar-refractivity contribution in [1.82, 2.24) is 25.1 Å². The number of hydrogen-bond donors (Lipinski definition) is 1. The quantitative estimate of drug-likeness (QED) is 0.847. The molecule has 0 bridgehead atoms. The van der Waals surface area contributed by atoms with E-state index in [1.165, 1.54) is 0 Å². The highest BCUT2D eigenvalue weighted by Gasteiger charge is 2.26. The number of nitrogens with zero attached hydrogens (tertiary/aromatic N) is 4. The average molecular weight is 289 g/mol. The van der Waals surface area contributed by atoms with E-state index in [2.05, 4.69) is 41.2 Å².